The van der Waals surface area contributed by atoms with Crippen molar-refractivity contribution in [3.63, 3.8) is 0 Å². The van der Waals surface area contributed by atoms with Crippen molar-refractivity contribution in [3.8, 4) is 0 Å². The van der Waals surface area contributed by atoms with E-state index in [1.165, 1.54) is 0 Å². The average molecular weight is 363 g/mol. The van der Waals surface area contributed by atoms with E-state index in [1.807, 2.05) is 19.1 Å². The van der Waals surface area contributed by atoms with Crippen LogP contribution < -0.4 is 15.4 Å². The largest absolute Gasteiger partial charge is 0.394 e. The van der Waals surface area contributed by atoms with Crippen molar-refractivity contribution in [1.82, 2.24) is 9.97 Å². The van der Waals surface area contributed by atoms with Gasteiger partial charge in [0.2, 0.25) is 16.0 Å². The number of fused-ring (bicyclic) bond motifs is 1. The third-order valence-electron chi connectivity index (χ3n) is 4.13. The number of hydrogen-bond donors (Lipinski definition) is 3. The van der Waals surface area contributed by atoms with Gasteiger partial charge in [-0.2, -0.15) is 4.98 Å². The standard InChI is InChI=1S/C16H21N5O3S/c1-11(10-22)19-16-18-6-4-15(20-16)21-7-5-12-2-3-14(25(17,23)24)8-13(12)9-21/h2-4,6,8,11,22H,5,7,9-10H2,1H3,(H2,17,23,24)(H,18,19,20)/t11-/m0/s1. The van der Waals surface area contributed by atoms with Crippen LogP contribution in [0.15, 0.2) is 35.4 Å². The summed E-state index contributed by atoms with van der Waals surface area (Å²) >= 11 is 0. The van der Waals surface area contributed by atoms with Crippen molar-refractivity contribution in [2.45, 2.75) is 30.8 Å². The van der Waals surface area contributed by atoms with Crippen LogP contribution in [0.4, 0.5) is 11.8 Å². The normalized spacial score (nSPS) is 15.6. The Bertz CT molecular complexity index is 872. The fraction of sp³-hybridized carbons (Fsp3) is 0.375. The molecule has 0 saturated heterocycles. The third-order valence-corrected chi connectivity index (χ3v) is 5.04. The van der Waals surface area contributed by atoms with Gasteiger partial charge in [-0.15, -0.1) is 0 Å². The lowest BCUT2D eigenvalue weighted by Gasteiger charge is -2.30. The van der Waals surface area contributed by atoms with Gasteiger partial charge in [-0.3, -0.25) is 0 Å². The van der Waals surface area contributed by atoms with Gasteiger partial charge in [-0.25, -0.2) is 18.5 Å². The third kappa shape index (κ3) is 4.06. The Balaban J connectivity index is 1.84. The number of sulfonamides is 1. The molecule has 0 bridgehead atoms. The van der Waals surface area contributed by atoms with Crippen molar-refractivity contribution in [3.05, 3.63) is 41.6 Å². The number of hydrogen-bond acceptors (Lipinski definition) is 7. The molecule has 8 nitrogen and oxygen atoms in total. The van der Waals surface area contributed by atoms with Crippen molar-refractivity contribution in [2.75, 3.05) is 23.4 Å². The minimum absolute atomic E-state index is 0.0129. The van der Waals surface area contributed by atoms with E-state index < -0.39 is 10.0 Å². The minimum atomic E-state index is -3.72. The molecule has 9 heteroatoms. The van der Waals surface area contributed by atoms with E-state index in [0.717, 1.165) is 29.9 Å². The number of benzene rings is 1. The zero-order valence-electron chi connectivity index (χ0n) is 13.9. The Morgan fingerprint density at radius 1 is 1.36 bits per heavy atom. The van der Waals surface area contributed by atoms with Crippen LogP contribution in [0.2, 0.25) is 0 Å². The highest BCUT2D eigenvalue weighted by Gasteiger charge is 2.20. The highest BCUT2D eigenvalue weighted by Crippen LogP contribution is 2.25. The monoisotopic (exact) mass is 363 g/mol. The first-order chi connectivity index (χ1) is 11.9. The van der Waals surface area contributed by atoms with Crippen molar-refractivity contribution in [2.24, 2.45) is 5.14 Å². The first-order valence-corrected chi connectivity index (χ1v) is 9.51. The lowest BCUT2D eigenvalue weighted by atomic mass is 10.00. The Hall–Kier alpha value is -2.23. The van der Waals surface area contributed by atoms with Crippen LogP contribution in [-0.4, -0.2) is 42.7 Å². The highest BCUT2D eigenvalue weighted by atomic mass is 32.2. The van der Waals surface area contributed by atoms with E-state index in [9.17, 15) is 8.42 Å². The number of primary sulfonamides is 1. The second-order valence-electron chi connectivity index (χ2n) is 6.11. The summed E-state index contributed by atoms with van der Waals surface area (Å²) in [5.74, 6) is 1.19. The fourth-order valence-corrected chi connectivity index (χ4v) is 3.33. The number of aliphatic hydroxyl groups excluding tert-OH is 1. The van der Waals surface area contributed by atoms with Gasteiger partial charge in [-0.1, -0.05) is 6.07 Å². The molecule has 1 aromatic heterocycles. The van der Waals surface area contributed by atoms with Gasteiger partial charge in [0.15, 0.2) is 0 Å². The molecule has 0 unspecified atom stereocenters. The summed E-state index contributed by atoms with van der Waals surface area (Å²) in [5, 5.41) is 17.4. The maximum absolute atomic E-state index is 11.6. The first-order valence-electron chi connectivity index (χ1n) is 7.97. The van der Waals surface area contributed by atoms with E-state index in [0.29, 0.717) is 12.5 Å². The molecule has 3 rings (SSSR count). The highest BCUT2D eigenvalue weighted by molar-refractivity contribution is 7.89. The van der Waals surface area contributed by atoms with Gasteiger partial charge >= 0.3 is 0 Å². The number of nitrogens with zero attached hydrogens (tertiary/aromatic N) is 3. The van der Waals surface area contributed by atoms with Crippen molar-refractivity contribution >= 4 is 21.8 Å². The summed E-state index contributed by atoms with van der Waals surface area (Å²) in [6.07, 6.45) is 2.45. The van der Waals surface area contributed by atoms with Gasteiger partial charge in [0.25, 0.3) is 0 Å². The Morgan fingerprint density at radius 3 is 2.88 bits per heavy atom. The number of rotatable bonds is 5. The lowest BCUT2D eigenvalue weighted by molar-refractivity contribution is 0.281. The van der Waals surface area contributed by atoms with E-state index >= 15 is 0 Å². The second kappa shape index (κ2) is 6.95. The van der Waals surface area contributed by atoms with Crippen LogP contribution in [-0.2, 0) is 23.0 Å². The number of anilines is 2. The van der Waals surface area contributed by atoms with Crippen LogP contribution in [0.25, 0.3) is 0 Å². The van der Waals surface area contributed by atoms with Crippen molar-refractivity contribution in [1.29, 1.82) is 0 Å². The minimum Gasteiger partial charge on any atom is -0.394 e. The summed E-state index contributed by atoms with van der Waals surface area (Å²) < 4.78 is 23.1. The van der Waals surface area contributed by atoms with E-state index in [-0.39, 0.29) is 17.5 Å². The fourth-order valence-electron chi connectivity index (χ4n) is 2.77. The molecule has 2 heterocycles. The zero-order chi connectivity index (χ0) is 18.0. The summed E-state index contributed by atoms with van der Waals surface area (Å²) in [5.41, 5.74) is 2.04. The molecule has 1 atom stereocenters. The molecule has 0 saturated carbocycles. The van der Waals surface area contributed by atoms with Gasteiger partial charge in [0, 0.05) is 25.3 Å². The molecule has 25 heavy (non-hydrogen) atoms. The van der Waals surface area contributed by atoms with Crippen molar-refractivity contribution < 1.29 is 13.5 Å². The van der Waals surface area contributed by atoms with Gasteiger partial charge < -0.3 is 15.3 Å². The molecule has 1 aliphatic heterocycles. The first kappa shape index (κ1) is 17.6. The Morgan fingerprint density at radius 2 is 2.16 bits per heavy atom. The summed E-state index contributed by atoms with van der Waals surface area (Å²) in [7, 11) is -3.72. The van der Waals surface area contributed by atoms with Gasteiger partial charge in [0.1, 0.15) is 5.82 Å². The van der Waals surface area contributed by atoms with Crippen LogP contribution in [0.1, 0.15) is 18.1 Å². The maximum atomic E-state index is 11.6. The molecular weight excluding hydrogens is 342 g/mol. The topological polar surface area (TPSA) is 121 Å². The zero-order valence-corrected chi connectivity index (χ0v) is 14.7. The molecule has 0 amide bonds. The van der Waals surface area contributed by atoms with Crippen LogP contribution in [0.3, 0.4) is 0 Å². The molecule has 134 valence electrons. The molecule has 0 radical (unpaired) electrons. The smallest absolute Gasteiger partial charge is 0.238 e. The summed E-state index contributed by atoms with van der Waals surface area (Å²) in [4.78, 5) is 10.8. The maximum Gasteiger partial charge on any atom is 0.238 e. The molecule has 2 aromatic rings. The number of aromatic nitrogens is 2. The molecule has 0 fully saturated rings. The molecule has 1 aromatic carbocycles. The van der Waals surface area contributed by atoms with Gasteiger partial charge in [-0.05, 0) is 42.7 Å². The SMILES string of the molecule is C[C@@H](CO)Nc1nccc(N2CCc3ccc(S(N)(=O)=O)cc3C2)n1. The number of nitrogens with one attached hydrogen (secondary N) is 1. The Labute approximate surface area is 146 Å². The van der Waals surface area contributed by atoms with E-state index in [2.05, 4.69) is 20.2 Å². The van der Waals surface area contributed by atoms with Crippen LogP contribution in [0, 0.1) is 0 Å². The average Bonchev–Trinajstić information content (AvgIpc) is 2.60. The number of aliphatic hydroxyl groups is 1. The quantitative estimate of drug-likeness (QED) is 0.706. The second-order valence-corrected chi connectivity index (χ2v) is 7.67. The molecule has 1 aliphatic rings. The summed E-state index contributed by atoms with van der Waals surface area (Å²) in [6, 6.07) is 6.67. The van der Waals surface area contributed by atoms with Crippen LogP contribution in [0.5, 0.6) is 0 Å². The predicted molar refractivity (Wildman–Crippen MR) is 94.8 cm³/mol. The van der Waals surface area contributed by atoms with E-state index in [4.69, 9.17) is 10.2 Å². The predicted octanol–water partition coefficient (Wildman–Crippen LogP) is 0.479. The lowest BCUT2D eigenvalue weighted by Crippen LogP contribution is -2.31. The molecule has 0 spiro atoms. The summed E-state index contributed by atoms with van der Waals surface area (Å²) in [6.45, 7) is 3.14. The number of nitrogens with two attached hydrogens (primary N) is 1. The van der Waals surface area contributed by atoms with Gasteiger partial charge in [0.05, 0.1) is 11.5 Å². The van der Waals surface area contributed by atoms with Crippen LogP contribution >= 0.6 is 0 Å². The molecule has 0 aliphatic carbocycles. The molecular formula is C16H21N5O3S. The Kier molecular flexibility index (Phi) is 4.89. The molecule has 4 N–H and O–H groups in total. The van der Waals surface area contributed by atoms with E-state index in [1.54, 1.807) is 18.3 Å².